The molecule has 1 heterocycles. The van der Waals surface area contributed by atoms with Gasteiger partial charge in [0, 0.05) is 18.9 Å². The number of benzene rings is 2. The SMILES string of the molecule is NCc1ccccc1.c1ccc2cnccc2c1. The molecule has 1 aromatic heterocycles. The second kappa shape index (κ2) is 6.52. The van der Waals surface area contributed by atoms with E-state index >= 15 is 0 Å². The van der Waals surface area contributed by atoms with E-state index in [0.717, 1.165) is 0 Å². The van der Waals surface area contributed by atoms with Gasteiger partial charge in [0.25, 0.3) is 0 Å². The number of nitrogens with zero attached hydrogens (tertiary/aromatic N) is 1. The standard InChI is InChI=1S/C9H7N.C7H9N/c1-2-4-9-7-10-6-5-8(9)3-1;8-6-7-4-2-1-3-5-7/h1-7H;1-5H,6,8H2. The number of nitrogens with two attached hydrogens (primary N) is 1. The third kappa shape index (κ3) is 3.40. The summed E-state index contributed by atoms with van der Waals surface area (Å²) in [4.78, 5) is 4.01. The molecule has 18 heavy (non-hydrogen) atoms. The molecule has 2 aromatic carbocycles. The van der Waals surface area contributed by atoms with Crippen molar-refractivity contribution in [2.24, 2.45) is 5.73 Å². The van der Waals surface area contributed by atoms with Crippen molar-refractivity contribution < 1.29 is 0 Å². The minimum absolute atomic E-state index is 0.640. The number of rotatable bonds is 1. The normalized spacial score (nSPS) is 9.61. The van der Waals surface area contributed by atoms with Crippen LogP contribution in [0.3, 0.4) is 0 Å². The summed E-state index contributed by atoms with van der Waals surface area (Å²) >= 11 is 0. The molecule has 0 spiro atoms. The first-order chi connectivity index (χ1) is 8.90. The summed E-state index contributed by atoms with van der Waals surface area (Å²) in [6.45, 7) is 0.640. The Labute approximate surface area is 107 Å². The fourth-order valence-corrected chi connectivity index (χ4v) is 1.64. The number of aromatic nitrogens is 1. The summed E-state index contributed by atoms with van der Waals surface area (Å²) in [6, 6.07) is 20.2. The van der Waals surface area contributed by atoms with E-state index in [4.69, 9.17) is 5.73 Å². The van der Waals surface area contributed by atoms with Gasteiger partial charge in [-0.1, -0.05) is 54.6 Å². The van der Waals surface area contributed by atoms with Crippen LogP contribution in [0, 0.1) is 0 Å². The molecule has 0 aliphatic rings. The van der Waals surface area contributed by atoms with Gasteiger partial charge in [-0.15, -0.1) is 0 Å². The highest BCUT2D eigenvalue weighted by molar-refractivity contribution is 5.80. The van der Waals surface area contributed by atoms with Crippen molar-refractivity contribution in [3.63, 3.8) is 0 Å². The molecule has 0 aliphatic heterocycles. The molecule has 0 bridgehead atoms. The third-order valence-corrected chi connectivity index (χ3v) is 2.63. The zero-order chi connectivity index (χ0) is 12.6. The molecule has 2 heteroatoms. The van der Waals surface area contributed by atoms with Gasteiger partial charge in [-0.05, 0) is 22.4 Å². The molecule has 0 radical (unpaired) electrons. The predicted molar refractivity (Wildman–Crippen MR) is 76.1 cm³/mol. The zero-order valence-electron chi connectivity index (χ0n) is 10.2. The van der Waals surface area contributed by atoms with Crippen molar-refractivity contribution in [3.8, 4) is 0 Å². The summed E-state index contributed by atoms with van der Waals surface area (Å²) in [7, 11) is 0. The monoisotopic (exact) mass is 236 g/mol. The Kier molecular flexibility index (Phi) is 4.45. The lowest BCUT2D eigenvalue weighted by Crippen LogP contribution is -1.94. The molecular formula is C16H16N2. The maximum atomic E-state index is 5.35. The molecule has 2 nitrogen and oxygen atoms in total. The predicted octanol–water partition coefficient (Wildman–Crippen LogP) is 3.38. The fourth-order valence-electron chi connectivity index (χ4n) is 1.64. The van der Waals surface area contributed by atoms with E-state index in [1.165, 1.54) is 16.3 Å². The van der Waals surface area contributed by atoms with Gasteiger partial charge in [-0.2, -0.15) is 0 Å². The van der Waals surface area contributed by atoms with Crippen molar-refractivity contribution in [1.82, 2.24) is 4.98 Å². The van der Waals surface area contributed by atoms with E-state index in [9.17, 15) is 0 Å². The summed E-state index contributed by atoms with van der Waals surface area (Å²) in [5.41, 5.74) is 6.54. The summed E-state index contributed by atoms with van der Waals surface area (Å²) in [5, 5.41) is 2.45. The molecule has 0 atom stereocenters. The average Bonchev–Trinajstić information content (AvgIpc) is 2.49. The highest BCUT2D eigenvalue weighted by Crippen LogP contribution is 2.09. The molecular weight excluding hydrogens is 220 g/mol. The van der Waals surface area contributed by atoms with E-state index in [0.29, 0.717) is 6.54 Å². The molecule has 90 valence electrons. The number of hydrogen-bond acceptors (Lipinski definition) is 2. The van der Waals surface area contributed by atoms with Crippen molar-refractivity contribution in [2.75, 3.05) is 0 Å². The minimum atomic E-state index is 0.640. The molecule has 0 saturated heterocycles. The van der Waals surface area contributed by atoms with Crippen LogP contribution >= 0.6 is 0 Å². The highest BCUT2D eigenvalue weighted by Gasteiger charge is 1.86. The van der Waals surface area contributed by atoms with Gasteiger partial charge >= 0.3 is 0 Å². The minimum Gasteiger partial charge on any atom is -0.326 e. The van der Waals surface area contributed by atoms with Crippen LogP contribution in [-0.2, 0) is 6.54 Å². The van der Waals surface area contributed by atoms with Crippen LogP contribution in [0.1, 0.15) is 5.56 Å². The molecule has 3 rings (SSSR count). The second-order valence-corrected chi connectivity index (χ2v) is 3.91. The lowest BCUT2D eigenvalue weighted by molar-refractivity contribution is 1.07. The fraction of sp³-hybridized carbons (Fsp3) is 0.0625. The molecule has 0 saturated carbocycles. The number of fused-ring (bicyclic) bond motifs is 1. The Morgan fingerprint density at radius 1 is 0.778 bits per heavy atom. The highest BCUT2D eigenvalue weighted by atomic mass is 14.6. The number of hydrogen-bond donors (Lipinski definition) is 1. The Morgan fingerprint density at radius 3 is 2.06 bits per heavy atom. The summed E-state index contributed by atoms with van der Waals surface area (Å²) in [5.74, 6) is 0. The van der Waals surface area contributed by atoms with Crippen molar-refractivity contribution in [2.45, 2.75) is 6.54 Å². The van der Waals surface area contributed by atoms with Crippen LogP contribution < -0.4 is 5.73 Å². The molecule has 0 unspecified atom stereocenters. The van der Waals surface area contributed by atoms with E-state index in [1.54, 1.807) is 0 Å². The van der Waals surface area contributed by atoms with E-state index in [1.807, 2.05) is 60.9 Å². The average molecular weight is 236 g/mol. The van der Waals surface area contributed by atoms with Gasteiger partial charge < -0.3 is 5.73 Å². The quantitative estimate of drug-likeness (QED) is 0.703. The zero-order valence-corrected chi connectivity index (χ0v) is 10.2. The second-order valence-electron chi connectivity index (χ2n) is 3.91. The van der Waals surface area contributed by atoms with E-state index in [2.05, 4.69) is 17.1 Å². The maximum Gasteiger partial charge on any atom is 0.0346 e. The van der Waals surface area contributed by atoms with E-state index in [-0.39, 0.29) is 0 Å². The Morgan fingerprint density at radius 2 is 1.44 bits per heavy atom. The smallest absolute Gasteiger partial charge is 0.0346 e. The van der Waals surface area contributed by atoms with Crippen molar-refractivity contribution in [1.29, 1.82) is 0 Å². The Balaban J connectivity index is 0.000000138. The van der Waals surface area contributed by atoms with E-state index < -0.39 is 0 Å². The van der Waals surface area contributed by atoms with Crippen LogP contribution in [-0.4, -0.2) is 4.98 Å². The first kappa shape index (κ1) is 12.3. The van der Waals surface area contributed by atoms with Gasteiger partial charge in [0.2, 0.25) is 0 Å². The first-order valence-electron chi connectivity index (χ1n) is 5.93. The molecule has 0 fully saturated rings. The molecule has 2 N–H and O–H groups in total. The van der Waals surface area contributed by atoms with Gasteiger partial charge in [0.15, 0.2) is 0 Å². The maximum absolute atomic E-state index is 5.35. The van der Waals surface area contributed by atoms with Gasteiger partial charge in [-0.25, -0.2) is 0 Å². The largest absolute Gasteiger partial charge is 0.326 e. The topological polar surface area (TPSA) is 38.9 Å². The van der Waals surface area contributed by atoms with Crippen LogP contribution in [0.2, 0.25) is 0 Å². The lowest BCUT2D eigenvalue weighted by Gasteiger charge is -1.91. The van der Waals surface area contributed by atoms with Crippen LogP contribution in [0.4, 0.5) is 0 Å². The third-order valence-electron chi connectivity index (χ3n) is 2.63. The van der Waals surface area contributed by atoms with Gasteiger partial charge in [0.05, 0.1) is 0 Å². The van der Waals surface area contributed by atoms with Crippen LogP contribution in [0.15, 0.2) is 73.1 Å². The molecule has 0 amide bonds. The summed E-state index contributed by atoms with van der Waals surface area (Å²) < 4.78 is 0. The Hall–Kier alpha value is -2.19. The molecule has 0 aliphatic carbocycles. The lowest BCUT2D eigenvalue weighted by atomic mass is 10.2. The molecule has 3 aromatic rings. The Bertz CT molecular complexity index is 526. The van der Waals surface area contributed by atoms with Crippen LogP contribution in [0.5, 0.6) is 0 Å². The first-order valence-corrected chi connectivity index (χ1v) is 5.93. The summed E-state index contributed by atoms with van der Waals surface area (Å²) in [6.07, 6.45) is 3.68. The van der Waals surface area contributed by atoms with Crippen molar-refractivity contribution >= 4 is 10.8 Å². The number of pyridine rings is 1. The van der Waals surface area contributed by atoms with Gasteiger partial charge in [-0.3, -0.25) is 4.98 Å². The van der Waals surface area contributed by atoms with Crippen molar-refractivity contribution in [3.05, 3.63) is 78.6 Å². The van der Waals surface area contributed by atoms with Crippen LogP contribution in [0.25, 0.3) is 10.8 Å². The van der Waals surface area contributed by atoms with Gasteiger partial charge in [0.1, 0.15) is 0 Å².